The van der Waals surface area contributed by atoms with E-state index in [1.54, 1.807) is 6.07 Å². The molecule has 0 bridgehead atoms. The van der Waals surface area contributed by atoms with Crippen LogP contribution in [0.3, 0.4) is 0 Å². The zero-order valence-corrected chi connectivity index (χ0v) is 16.1. The number of ether oxygens (including phenoxy) is 2. The van der Waals surface area contributed by atoms with Crippen LogP contribution in [0.2, 0.25) is 0 Å². The van der Waals surface area contributed by atoms with Crippen molar-refractivity contribution in [2.75, 3.05) is 6.79 Å². The minimum atomic E-state index is -0.322. The van der Waals surface area contributed by atoms with Crippen molar-refractivity contribution in [1.29, 1.82) is 0 Å². The van der Waals surface area contributed by atoms with Crippen LogP contribution in [-0.2, 0) is 24.3 Å². The molecule has 0 fully saturated rings. The zero-order valence-electron chi connectivity index (χ0n) is 16.1. The van der Waals surface area contributed by atoms with E-state index < -0.39 is 0 Å². The molecule has 0 atom stereocenters. The number of nitrogens with zero attached hydrogens (tertiary/aromatic N) is 2. The first-order valence-electron chi connectivity index (χ1n) is 9.45. The molecule has 0 spiro atoms. The monoisotopic (exact) mass is 391 g/mol. The zero-order chi connectivity index (χ0) is 20.2. The highest BCUT2D eigenvalue weighted by molar-refractivity contribution is 5.75. The minimum Gasteiger partial charge on any atom is -0.454 e. The number of aromatic nitrogens is 2. The number of benzene rings is 2. The van der Waals surface area contributed by atoms with Crippen LogP contribution in [-0.4, -0.2) is 22.5 Å². The Morgan fingerprint density at radius 3 is 2.59 bits per heavy atom. The van der Waals surface area contributed by atoms with Crippen molar-refractivity contribution in [2.45, 2.75) is 26.4 Å². The molecular formula is C22H21N3O4. The highest BCUT2D eigenvalue weighted by atomic mass is 16.7. The van der Waals surface area contributed by atoms with Crippen molar-refractivity contribution in [3.8, 4) is 22.8 Å². The van der Waals surface area contributed by atoms with Crippen LogP contribution in [0.4, 0.5) is 0 Å². The number of amides is 1. The summed E-state index contributed by atoms with van der Waals surface area (Å²) >= 11 is 0. The summed E-state index contributed by atoms with van der Waals surface area (Å²) in [5.74, 6) is 1.06. The van der Waals surface area contributed by atoms with Gasteiger partial charge in [-0.05, 0) is 35.7 Å². The summed E-state index contributed by atoms with van der Waals surface area (Å²) in [6.45, 7) is 2.47. The predicted molar refractivity (Wildman–Crippen MR) is 108 cm³/mol. The minimum absolute atomic E-state index is 0.149. The lowest BCUT2D eigenvalue weighted by Gasteiger charge is -2.09. The molecule has 7 heteroatoms. The maximum atomic E-state index is 12.3. The SMILES string of the molecule is CCc1ccc(-c2ccc(=O)n(CC(=O)NCc3ccc4c(c3)OCO4)n2)cc1. The fraction of sp³-hybridized carbons (Fsp3) is 0.227. The van der Waals surface area contributed by atoms with Crippen LogP contribution in [0.1, 0.15) is 18.1 Å². The molecule has 1 aliphatic heterocycles. The van der Waals surface area contributed by atoms with Crippen LogP contribution in [0.5, 0.6) is 11.5 Å². The Kier molecular flexibility index (Phi) is 5.29. The van der Waals surface area contributed by atoms with Gasteiger partial charge in [0.05, 0.1) is 5.69 Å². The molecule has 3 aromatic rings. The van der Waals surface area contributed by atoms with Gasteiger partial charge in [0.15, 0.2) is 11.5 Å². The summed E-state index contributed by atoms with van der Waals surface area (Å²) in [4.78, 5) is 24.5. The number of hydrogen-bond donors (Lipinski definition) is 1. The molecule has 4 rings (SSSR count). The molecule has 148 valence electrons. The van der Waals surface area contributed by atoms with Crippen LogP contribution in [0.15, 0.2) is 59.4 Å². The normalized spacial score (nSPS) is 12.0. The highest BCUT2D eigenvalue weighted by Gasteiger charge is 2.14. The highest BCUT2D eigenvalue weighted by Crippen LogP contribution is 2.32. The summed E-state index contributed by atoms with van der Waals surface area (Å²) in [7, 11) is 0. The van der Waals surface area contributed by atoms with E-state index in [2.05, 4.69) is 17.3 Å². The van der Waals surface area contributed by atoms with E-state index in [0.717, 1.165) is 17.5 Å². The van der Waals surface area contributed by atoms with Crippen LogP contribution in [0, 0.1) is 0 Å². The second-order valence-electron chi connectivity index (χ2n) is 6.73. The first-order valence-corrected chi connectivity index (χ1v) is 9.45. The third-order valence-corrected chi connectivity index (χ3v) is 4.74. The third-order valence-electron chi connectivity index (χ3n) is 4.74. The molecule has 0 radical (unpaired) electrons. The molecule has 7 nitrogen and oxygen atoms in total. The van der Waals surface area contributed by atoms with Gasteiger partial charge in [0.25, 0.3) is 5.56 Å². The molecule has 0 saturated carbocycles. The van der Waals surface area contributed by atoms with Crippen LogP contribution >= 0.6 is 0 Å². The van der Waals surface area contributed by atoms with Gasteiger partial charge in [0.1, 0.15) is 6.54 Å². The Morgan fingerprint density at radius 2 is 1.79 bits per heavy atom. The van der Waals surface area contributed by atoms with Gasteiger partial charge in [0, 0.05) is 18.2 Å². The Bertz CT molecular complexity index is 1090. The Morgan fingerprint density at radius 1 is 1.03 bits per heavy atom. The van der Waals surface area contributed by atoms with Crippen molar-refractivity contribution in [3.05, 3.63) is 76.1 Å². The predicted octanol–water partition coefficient (Wildman–Crippen LogP) is 2.52. The summed E-state index contributed by atoms with van der Waals surface area (Å²) < 4.78 is 11.8. The molecule has 0 unspecified atom stereocenters. The van der Waals surface area contributed by atoms with Crippen LogP contribution in [0.25, 0.3) is 11.3 Å². The fourth-order valence-corrected chi connectivity index (χ4v) is 3.07. The Labute approximate surface area is 167 Å². The Balaban J connectivity index is 1.42. The number of rotatable bonds is 6. The maximum absolute atomic E-state index is 12.3. The van der Waals surface area contributed by atoms with Gasteiger partial charge < -0.3 is 14.8 Å². The molecule has 1 aromatic heterocycles. The standard InChI is InChI=1S/C22H21N3O4/c1-2-15-3-6-17(7-4-15)18-8-10-22(27)25(24-18)13-21(26)23-12-16-5-9-19-20(11-16)29-14-28-19/h3-11H,2,12-14H2,1H3,(H,23,26). The van der Waals surface area contributed by atoms with Gasteiger partial charge in [-0.2, -0.15) is 5.10 Å². The molecule has 2 heterocycles. The second kappa shape index (κ2) is 8.18. The first kappa shape index (κ1) is 18.7. The number of hydrogen-bond acceptors (Lipinski definition) is 5. The number of aryl methyl sites for hydroxylation is 1. The topological polar surface area (TPSA) is 82.5 Å². The summed E-state index contributed by atoms with van der Waals surface area (Å²) in [6, 6.07) is 16.6. The van der Waals surface area contributed by atoms with E-state index in [1.807, 2.05) is 42.5 Å². The summed E-state index contributed by atoms with van der Waals surface area (Å²) in [5, 5.41) is 7.15. The van der Waals surface area contributed by atoms with Gasteiger partial charge in [0.2, 0.25) is 12.7 Å². The van der Waals surface area contributed by atoms with Gasteiger partial charge >= 0.3 is 0 Å². The van der Waals surface area contributed by atoms with Gasteiger partial charge in [-0.15, -0.1) is 0 Å². The van der Waals surface area contributed by atoms with E-state index in [9.17, 15) is 9.59 Å². The van der Waals surface area contributed by atoms with E-state index in [1.165, 1.54) is 16.3 Å². The van der Waals surface area contributed by atoms with Crippen molar-refractivity contribution in [1.82, 2.24) is 15.1 Å². The number of carbonyl (C=O) groups excluding carboxylic acids is 1. The fourth-order valence-electron chi connectivity index (χ4n) is 3.07. The molecule has 29 heavy (non-hydrogen) atoms. The van der Waals surface area contributed by atoms with Gasteiger partial charge in [-0.25, -0.2) is 4.68 Å². The quantitative estimate of drug-likeness (QED) is 0.698. The molecule has 0 saturated heterocycles. The largest absolute Gasteiger partial charge is 0.454 e. The number of nitrogens with one attached hydrogen (secondary N) is 1. The van der Waals surface area contributed by atoms with Crippen molar-refractivity contribution in [3.63, 3.8) is 0 Å². The molecule has 1 N–H and O–H groups in total. The smallest absolute Gasteiger partial charge is 0.267 e. The average molecular weight is 391 g/mol. The maximum Gasteiger partial charge on any atom is 0.267 e. The Hall–Kier alpha value is -3.61. The van der Waals surface area contributed by atoms with Crippen molar-refractivity contribution in [2.24, 2.45) is 0 Å². The summed E-state index contributed by atoms with van der Waals surface area (Å²) in [6.07, 6.45) is 0.955. The lowest BCUT2D eigenvalue weighted by molar-refractivity contribution is -0.122. The van der Waals surface area contributed by atoms with E-state index in [4.69, 9.17) is 9.47 Å². The second-order valence-corrected chi connectivity index (χ2v) is 6.73. The van der Waals surface area contributed by atoms with E-state index >= 15 is 0 Å². The lowest BCUT2D eigenvalue weighted by Crippen LogP contribution is -2.33. The number of fused-ring (bicyclic) bond motifs is 1. The molecule has 0 aliphatic carbocycles. The molecule has 1 amide bonds. The van der Waals surface area contributed by atoms with E-state index in [0.29, 0.717) is 23.7 Å². The lowest BCUT2D eigenvalue weighted by atomic mass is 10.1. The van der Waals surface area contributed by atoms with Crippen molar-refractivity contribution < 1.29 is 14.3 Å². The van der Waals surface area contributed by atoms with Gasteiger partial charge in [-0.3, -0.25) is 9.59 Å². The van der Waals surface area contributed by atoms with E-state index in [-0.39, 0.29) is 24.8 Å². The van der Waals surface area contributed by atoms with Crippen molar-refractivity contribution >= 4 is 5.91 Å². The summed E-state index contributed by atoms with van der Waals surface area (Å²) in [5.41, 5.74) is 3.34. The third kappa shape index (κ3) is 4.29. The number of carbonyl (C=O) groups is 1. The molecule has 1 aliphatic rings. The van der Waals surface area contributed by atoms with Crippen LogP contribution < -0.4 is 20.3 Å². The molecular weight excluding hydrogens is 370 g/mol. The van der Waals surface area contributed by atoms with Gasteiger partial charge in [-0.1, -0.05) is 37.3 Å². The molecule has 2 aromatic carbocycles. The average Bonchev–Trinajstić information content (AvgIpc) is 3.22. The first-order chi connectivity index (χ1) is 14.1.